The van der Waals surface area contributed by atoms with E-state index in [1.807, 2.05) is 51.1 Å². The average molecular weight is 289 g/mol. The number of rotatable bonds is 2. The number of likely N-dealkylation sites (tertiary alicyclic amines) is 1. The predicted molar refractivity (Wildman–Crippen MR) is 80.9 cm³/mol. The van der Waals surface area contributed by atoms with Crippen LogP contribution in [-0.4, -0.2) is 29.4 Å². The summed E-state index contributed by atoms with van der Waals surface area (Å²) in [6.07, 6.45) is 2.19. The summed E-state index contributed by atoms with van der Waals surface area (Å²) in [5, 5.41) is 0. The van der Waals surface area contributed by atoms with E-state index < -0.39 is 5.60 Å². The van der Waals surface area contributed by atoms with Crippen LogP contribution in [0.25, 0.3) is 0 Å². The van der Waals surface area contributed by atoms with E-state index in [-0.39, 0.29) is 18.1 Å². The molecule has 4 nitrogen and oxygen atoms in total. The molecule has 0 aromatic heterocycles. The zero-order valence-electron chi connectivity index (χ0n) is 12.9. The van der Waals surface area contributed by atoms with Crippen LogP contribution in [0.3, 0.4) is 0 Å². The maximum Gasteiger partial charge on any atom is 0.410 e. The van der Waals surface area contributed by atoms with Crippen LogP contribution in [0.5, 0.6) is 0 Å². The first-order valence-corrected chi connectivity index (χ1v) is 7.40. The number of aldehydes is 1. The van der Waals surface area contributed by atoms with E-state index in [1.54, 1.807) is 4.90 Å². The summed E-state index contributed by atoms with van der Waals surface area (Å²) in [6.45, 7) is 5.98. The summed E-state index contributed by atoms with van der Waals surface area (Å²) in [5.74, 6) is -0.0996. The fourth-order valence-electron chi connectivity index (χ4n) is 2.65. The maximum absolute atomic E-state index is 12.4. The average Bonchev–Trinajstić information content (AvgIpc) is 2.45. The molecule has 0 saturated carbocycles. The number of piperidine rings is 1. The molecule has 4 heteroatoms. The van der Waals surface area contributed by atoms with Crippen molar-refractivity contribution in [1.29, 1.82) is 0 Å². The second-order valence-electron chi connectivity index (χ2n) is 6.53. The van der Waals surface area contributed by atoms with Crippen molar-refractivity contribution >= 4 is 12.4 Å². The molecule has 1 aromatic carbocycles. The summed E-state index contributed by atoms with van der Waals surface area (Å²) >= 11 is 0. The van der Waals surface area contributed by atoms with Gasteiger partial charge in [0.25, 0.3) is 0 Å². The SMILES string of the molecule is CC(C)(C)OC(=O)N1C[C@@H](C=O)CC[C@@H]1c1ccccc1. The van der Waals surface area contributed by atoms with Gasteiger partial charge in [0.2, 0.25) is 0 Å². The third-order valence-corrected chi connectivity index (χ3v) is 3.62. The molecular formula is C17H23NO3. The molecule has 0 unspecified atom stereocenters. The highest BCUT2D eigenvalue weighted by molar-refractivity contribution is 5.70. The summed E-state index contributed by atoms with van der Waals surface area (Å²) < 4.78 is 5.49. The molecule has 1 saturated heterocycles. The van der Waals surface area contributed by atoms with Crippen LogP contribution >= 0.6 is 0 Å². The van der Waals surface area contributed by atoms with Crippen LogP contribution in [-0.2, 0) is 9.53 Å². The van der Waals surface area contributed by atoms with Gasteiger partial charge >= 0.3 is 6.09 Å². The molecule has 1 aliphatic rings. The van der Waals surface area contributed by atoms with Crippen LogP contribution in [0.1, 0.15) is 45.2 Å². The fourth-order valence-corrected chi connectivity index (χ4v) is 2.65. The van der Waals surface area contributed by atoms with Gasteiger partial charge in [-0.3, -0.25) is 0 Å². The van der Waals surface area contributed by atoms with Crippen molar-refractivity contribution in [2.75, 3.05) is 6.54 Å². The van der Waals surface area contributed by atoms with E-state index >= 15 is 0 Å². The van der Waals surface area contributed by atoms with E-state index in [0.29, 0.717) is 6.54 Å². The Morgan fingerprint density at radius 1 is 1.24 bits per heavy atom. The largest absolute Gasteiger partial charge is 0.444 e. The lowest BCUT2D eigenvalue weighted by Crippen LogP contribution is -2.45. The molecule has 1 amide bonds. The number of nitrogens with zero attached hydrogens (tertiary/aromatic N) is 1. The van der Waals surface area contributed by atoms with Gasteiger partial charge in [0.15, 0.2) is 0 Å². The van der Waals surface area contributed by atoms with Gasteiger partial charge in [0, 0.05) is 12.5 Å². The fraction of sp³-hybridized carbons (Fsp3) is 0.529. The third kappa shape index (κ3) is 4.06. The van der Waals surface area contributed by atoms with Crippen molar-refractivity contribution in [3.05, 3.63) is 35.9 Å². The Labute approximate surface area is 126 Å². The number of amides is 1. The van der Waals surface area contributed by atoms with E-state index in [1.165, 1.54) is 0 Å². The summed E-state index contributed by atoms with van der Waals surface area (Å²) in [6, 6.07) is 9.91. The highest BCUT2D eigenvalue weighted by Crippen LogP contribution is 2.33. The van der Waals surface area contributed by atoms with E-state index in [4.69, 9.17) is 4.74 Å². The van der Waals surface area contributed by atoms with Gasteiger partial charge in [-0.2, -0.15) is 0 Å². The molecule has 0 bridgehead atoms. The number of ether oxygens (including phenoxy) is 1. The number of hydrogen-bond donors (Lipinski definition) is 0. The molecule has 0 N–H and O–H groups in total. The second-order valence-corrected chi connectivity index (χ2v) is 6.53. The highest BCUT2D eigenvalue weighted by atomic mass is 16.6. The maximum atomic E-state index is 12.4. The first-order chi connectivity index (χ1) is 9.90. The smallest absolute Gasteiger partial charge is 0.410 e. The minimum absolute atomic E-state index is 0.0164. The van der Waals surface area contributed by atoms with Crippen molar-refractivity contribution in [1.82, 2.24) is 4.90 Å². The molecule has 0 radical (unpaired) electrons. The number of carbonyl (C=O) groups excluding carboxylic acids is 2. The first-order valence-electron chi connectivity index (χ1n) is 7.40. The van der Waals surface area contributed by atoms with Gasteiger partial charge in [-0.05, 0) is 39.2 Å². The molecule has 21 heavy (non-hydrogen) atoms. The molecule has 1 fully saturated rings. The Balaban J connectivity index is 2.21. The Kier molecular flexibility index (Phi) is 4.66. The molecule has 1 aromatic rings. The Hall–Kier alpha value is -1.84. The molecule has 1 heterocycles. The number of benzene rings is 1. The highest BCUT2D eigenvalue weighted by Gasteiger charge is 2.34. The lowest BCUT2D eigenvalue weighted by Gasteiger charge is -2.39. The molecule has 2 atom stereocenters. The van der Waals surface area contributed by atoms with Gasteiger partial charge < -0.3 is 14.4 Å². The predicted octanol–water partition coefficient (Wildman–Crippen LogP) is 3.57. The van der Waals surface area contributed by atoms with Gasteiger partial charge in [-0.1, -0.05) is 30.3 Å². The second kappa shape index (κ2) is 6.29. The van der Waals surface area contributed by atoms with Crippen LogP contribution in [0.15, 0.2) is 30.3 Å². The van der Waals surface area contributed by atoms with Gasteiger partial charge in [-0.25, -0.2) is 4.79 Å². The Bertz CT molecular complexity index is 493. The number of carbonyl (C=O) groups is 2. The van der Waals surface area contributed by atoms with Crippen LogP contribution in [0.2, 0.25) is 0 Å². The van der Waals surface area contributed by atoms with Crippen LogP contribution in [0.4, 0.5) is 4.79 Å². The van der Waals surface area contributed by atoms with Gasteiger partial charge in [-0.15, -0.1) is 0 Å². The zero-order valence-corrected chi connectivity index (χ0v) is 12.9. The van der Waals surface area contributed by atoms with Crippen LogP contribution in [0, 0.1) is 5.92 Å². The summed E-state index contributed by atoms with van der Waals surface area (Å²) in [4.78, 5) is 25.2. The van der Waals surface area contributed by atoms with E-state index in [2.05, 4.69) is 0 Å². The topological polar surface area (TPSA) is 46.6 Å². The summed E-state index contributed by atoms with van der Waals surface area (Å²) in [5.41, 5.74) is 0.555. The zero-order chi connectivity index (χ0) is 15.5. The Morgan fingerprint density at radius 2 is 1.90 bits per heavy atom. The van der Waals surface area contributed by atoms with Gasteiger partial charge in [0.1, 0.15) is 11.9 Å². The monoisotopic (exact) mass is 289 g/mol. The van der Waals surface area contributed by atoms with Crippen molar-refractivity contribution < 1.29 is 14.3 Å². The first kappa shape index (κ1) is 15.5. The van der Waals surface area contributed by atoms with Crippen molar-refractivity contribution in [2.24, 2.45) is 5.92 Å². The lowest BCUT2D eigenvalue weighted by molar-refractivity contribution is -0.113. The minimum Gasteiger partial charge on any atom is -0.444 e. The van der Waals surface area contributed by atoms with Gasteiger partial charge in [0.05, 0.1) is 6.04 Å². The molecule has 0 aliphatic carbocycles. The third-order valence-electron chi connectivity index (χ3n) is 3.62. The normalized spacial score (nSPS) is 22.7. The Morgan fingerprint density at radius 3 is 2.48 bits per heavy atom. The molecule has 1 aliphatic heterocycles. The van der Waals surface area contributed by atoms with E-state index in [0.717, 1.165) is 24.7 Å². The number of hydrogen-bond acceptors (Lipinski definition) is 3. The lowest BCUT2D eigenvalue weighted by atomic mass is 9.90. The van der Waals surface area contributed by atoms with Crippen molar-refractivity contribution in [3.63, 3.8) is 0 Å². The molecule has 0 spiro atoms. The van der Waals surface area contributed by atoms with Crippen molar-refractivity contribution in [2.45, 2.75) is 45.3 Å². The van der Waals surface area contributed by atoms with E-state index in [9.17, 15) is 9.59 Å². The molecule has 114 valence electrons. The minimum atomic E-state index is -0.535. The molecule has 2 rings (SSSR count). The standard InChI is InChI=1S/C17H23NO3/c1-17(2,3)21-16(20)18-11-13(12-19)9-10-15(18)14-7-5-4-6-8-14/h4-8,12-13,15H,9-11H2,1-3H3/t13-,15+/m0/s1. The quantitative estimate of drug-likeness (QED) is 0.782. The summed E-state index contributed by atoms with van der Waals surface area (Å²) in [7, 11) is 0. The molecular weight excluding hydrogens is 266 g/mol. The van der Waals surface area contributed by atoms with Crippen LogP contribution < -0.4 is 0 Å². The van der Waals surface area contributed by atoms with Crippen molar-refractivity contribution in [3.8, 4) is 0 Å².